The first-order chi connectivity index (χ1) is 11.4. The Bertz CT molecular complexity index is 899. The third kappa shape index (κ3) is 8.10. The Morgan fingerprint density at radius 2 is 2.00 bits per heavy atom. The van der Waals surface area contributed by atoms with Gasteiger partial charge in [0.2, 0.25) is 10.0 Å². The second kappa shape index (κ2) is 10.6. The van der Waals surface area contributed by atoms with Gasteiger partial charge in [-0.2, -0.15) is 0 Å². The molecule has 0 spiro atoms. The smallest absolute Gasteiger partial charge is 0.790 e. The van der Waals surface area contributed by atoms with Crippen LogP contribution in [0.5, 0.6) is 0 Å². The van der Waals surface area contributed by atoms with Gasteiger partial charge in [0, 0.05) is 12.3 Å². The predicted octanol–water partition coefficient (Wildman–Crippen LogP) is -10.4. The van der Waals surface area contributed by atoms with E-state index in [1.165, 1.54) is 0 Å². The number of aliphatic hydroxyl groups excluding tert-OH is 1. The number of aromatic nitrogens is 2. The van der Waals surface area contributed by atoms with Gasteiger partial charge in [-0.05, 0) is 0 Å². The van der Waals surface area contributed by atoms with Crippen LogP contribution in [0.2, 0.25) is 0 Å². The second-order valence-corrected chi connectivity index (χ2v) is 8.16. The molecule has 1 fully saturated rings. The van der Waals surface area contributed by atoms with Gasteiger partial charge < -0.3 is 28.7 Å². The molecule has 1 aliphatic rings. The zero-order chi connectivity index (χ0) is 19.0. The molecular weight excluding hydrogens is 431 g/mol. The number of hydrogen-bond donors (Lipinski definition) is 3. The number of nitrogens with one attached hydrogen (secondary N) is 2. The summed E-state index contributed by atoms with van der Waals surface area (Å²) in [5, 5.41) is 10.3. The molecule has 1 aromatic rings. The summed E-state index contributed by atoms with van der Waals surface area (Å²) in [6.07, 6.45) is -2.73. The van der Waals surface area contributed by atoms with E-state index >= 15 is 0 Å². The molecule has 142 valence electrons. The number of aromatic amines is 1. The van der Waals surface area contributed by atoms with Crippen LogP contribution in [0.25, 0.3) is 0 Å². The quantitative estimate of drug-likeness (QED) is 0.279. The van der Waals surface area contributed by atoms with E-state index < -0.39 is 60.2 Å². The summed E-state index contributed by atoms with van der Waals surface area (Å²) in [6.45, 7) is -0.886. The van der Waals surface area contributed by atoms with Gasteiger partial charge in [-0.15, -0.1) is 0 Å². The van der Waals surface area contributed by atoms with Crippen LogP contribution in [-0.2, 0) is 23.8 Å². The summed E-state index contributed by atoms with van der Waals surface area (Å²) in [7, 11) is -9.24. The largest absolute Gasteiger partial charge is 1.00 e. The number of ether oxygens (including phenoxy) is 1. The van der Waals surface area contributed by atoms with Crippen LogP contribution >= 0.6 is 7.82 Å². The topological polar surface area (TPSA) is 203 Å². The Balaban J connectivity index is 0.00000338. The molecule has 0 amide bonds. The van der Waals surface area contributed by atoms with Crippen molar-refractivity contribution in [1.82, 2.24) is 14.3 Å². The summed E-state index contributed by atoms with van der Waals surface area (Å²) < 4.78 is 45.6. The van der Waals surface area contributed by atoms with Crippen LogP contribution in [0.4, 0.5) is 0 Å². The number of sulfonamides is 1. The molecule has 1 saturated heterocycles. The van der Waals surface area contributed by atoms with Crippen molar-refractivity contribution < 1.29 is 96.3 Å². The fraction of sp³-hybridized carbons (Fsp3) is 0.600. The minimum atomic E-state index is -5.38. The number of H-pyrrole nitrogens is 1. The fourth-order valence-corrected chi connectivity index (χ4v) is 3.41. The standard InChI is InChI=1S/C10H16N3O10PS.2Na/c1-25(20,21)12-7-5(4-22-24(17,18)19)23-9(8(7)15)13-3-2-6(14)11-10(13)16;;/h2-3,5,7-9,12,15H,4H2,1H3,(H,11,14,16)(H2,17,18,19);;/q;2*+1/p-2/t5-,7-,8-,9-;;/m1../s1. The minimum absolute atomic E-state index is 0. The molecule has 0 aliphatic carbocycles. The van der Waals surface area contributed by atoms with Crippen molar-refractivity contribution in [1.29, 1.82) is 0 Å². The summed E-state index contributed by atoms with van der Waals surface area (Å²) in [6, 6.07) is -0.450. The van der Waals surface area contributed by atoms with Crippen LogP contribution in [0.15, 0.2) is 21.9 Å². The van der Waals surface area contributed by atoms with E-state index in [1.54, 1.807) is 0 Å². The molecule has 17 heteroatoms. The van der Waals surface area contributed by atoms with Crippen molar-refractivity contribution in [3.8, 4) is 0 Å². The third-order valence-electron chi connectivity index (χ3n) is 3.25. The molecule has 13 nitrogen and oxygen atoms in total. The molecule has 2 rings (SSSR count). The molecule has 0 saturated carbocycles. The van der Waals surface area contributed by atoms with Crippen LogP contribution in [0.3, 0.4) is 0 Å². The zero-order valence-electron chi connectivity index (χ0n) is 14.6. The first-order valence-corrected chi connectivity index (χ1v) is 10.0. The van der Waals surface area contributed by atoms with E-state index in [2.05, 4.69) is 4.52 Å². The van der Waals surface area contributed by atoms with E-state index in [-0.39, 0.29) is 59.1 Å². The Morgan fingerprint density at radius 3 is 2.48 bits per heavy atom. The molecule has 0 bridgehead atoms. The maximum absolute atomic E-state index is 11.8. The monoisotopic (exact) mass is 445 g/mol. The first kappa shape index (κ1) is 27.6. The molecule has 2 heterocycles. The molecule has 3 N–H and O–H groups in total. The van der Waals surface area contributed by atoms with Gasteiger partial charge in [-0.25, -0.2) is 17.9 Å². The maximum Gasteiger partial charge on any atom is 1.00 e. The van der Waals surface area contributed by atoms with Crippen molar-refractivity contribution in [3.63, 3.8) is 0 Å². The van der Waals surface area contributed by atoms with Gasteiger partial charge in [0.25, 0.3) is 5.56 Å². The van der Waals surface area contributed by atoms with E-state index in [0.29, 0.717) is 0 Å². The summed E-state index contributed by atoms with van der Waals surface area (Å²) in [5.41, 5.74) is -1.66. The molecule has 0 aromatic carbocycles. The Hall–Kier alpha value is 0.620. The Labute approximate surface area is 197 Å². The average molecular weight is 445 g/mol. The van der Waals surface area contributed by atoms with E-state index in [9.17, 15) is 37.5 Å². The minimum Gasteiger partial charge on any atom is -0.790 e. The van der Waals surface area contributed by atoms with Crippen molar-refractivity contribution in [2.75, 3.05) is 12.9 Å². The zero-order valence-corrected chi connectivity index (χ0v) is 20.3. The first-order valence-electron chi connectivity index (χ1n) is 6.66. The molecule has 1 aromatic heterocycles. The van der Waals surface area contributed by atoms with Gasteiger partial charge in [0.1, 0.15) is 12.2 Å². The molecule has 4 atom stereocenters. The molecule has 27 heavy (non-hydrogen) atoms. The molecular formula is C10H14N3Na2O10PS. The number of rotatable bonds is 6. The number of aliphatic hydroxyl groups is 1. The van der Waals surface area contributed by atoms with E-state index in [1.807, 2.05) is 9.71 Å². The number of hydrogen-bond acceptors (Lipinski definition) is 10. The fourth-order valence-electron chi connectivity index (χ4n) is 2.30. The van der Waals surface area contributed by atoms with Crippen LogP contribution < -0.4 is 84.9 Å². The van der Waals surface area contributed by atoms with Gasteiger partial charge in [-0.1, -0.05) is 0 Å². The van der Waals surface area contributed by atoms with Crippen LogP contribution in [0.1, 0.15) is 6.23 Å². The van der Waals surface area contributed by atoms with Gasteiger partial charge >= 0.3 is 64.8 Å². The number of nitrogens with zero attached hydrogens (tertiary/aromatic N) is 1. The van der Waals surface area contributed by atoms with Crippen LogP contribution in [0, 0.1) is 0 Å². The van der Waals surface area contributed by atoms with Gasteiger partial charge in [0.05, 0.1) is 26.7 Å². The van der Waals surface area contributed by atoms with Crippen molar-refractivity contribution in [2.24, 2.45) is 0 Å². The van der Waals surface area contributed by atoms with Gasteiger partial charge in [-0.3, -0.25) is 14.3 Å². The third-order valence-corrected chi connectivity index (χ3v) is 4.41. The van der Waals surface area contributed by atoms with Gasteiger partial charge in [0.15, 0.2) is 6.23 Å². The van der Waals surface area contributed by atoms with E-state index in [0.717, 1.165) is 23.1 Å². The summed E-state index contributed by atoms with van der Waals surface area (Å²) >= 11 is 0. The van der Waals surface area contributed by atoms with Crippen molar-refractivity contribution in [3.05, 3.63) is 33.1 Å². The normalized spacial score (nSPS) is 25.5. The van der Waals surface area contributed by atoms with Crippen LogP contribution in [-0.4, -0.2) is 54.2 Å². The Kier molecular flexibility index (Phi) is 10.8. The van der Waals surface area contributed by atoms with E-state index in [4.69, 9.17) is 4.74 Å². The summed E-state index contributed by atoms with van der Waals surface area (Å²) in [5.74, 6) is 0. The van der Waals surface area contributed by atoms with Crippen molar-refractivity contribution >= 4 is 17.8 Å². The molecule has 0 radical (unpaired) electrons. The number of phosphoric ester groups is 1. The molecule has 1 aliphatic heterocycles. The number of phosphoric acid groups is 1. The predicted molar refractivity (Wildman–Crippen MR) is 76.6 cm³/mol. The second-order valence-electron chi connectivity index (χ2n) is 5.23. The average Bonchev–Trinajstić information content (AvgIpc) is 2.72. The Morgan fingerprint density at radius 1 is 1.41 bits per heavy atom. The molecule has 0 unspecified atom stereocenters. The van der Waals surface area contributed by atoms with Crippen molar-refractivity contribution in [2.45, 2.75) is 24.5 Å². The SMILES string of the molecule is CS(=O)(=O)N[C@H]1[C@@H](O)[C@H](n2ccc(=O)[nH]c2=O)O[C@@H]1COP(=O)([O-])[O-].[Na+].[Na+]. The summed E-state index contributed by atoms with van der Waals surface area (Å²) in [4.78, 5) is 46.0. The maximum atomic E-state index is 11.8.